The van der Waals surface area contributed by atoms with Gasteiger partial charge in [0.1, 0.15) is 0 Å². The molecule has 21 heavy (non-hydrogen) atoms. The highest BCUT2D eigenvalue weighted by Gasteiger charge is 2.14. The molecule has 0 saturated carbocycles. The number of pyridine rings is 1. The van der Waals surface area contributed by atoms with Gasteiger partial charge in [0, 0.05) is 32.6 Å². The molecule has 0 aliphatic carbocycles. The normalized spacial score (nSPS) is 10.8. The van der Waals surface area contributed by atoms with E-state index in [1.54, 1.807) is 6.08 Å². The Morgan fingerprint density at radius 3 is 2.67 bits per heavy atom. The number of halogens is 1. The van der Waals surface area contributed by atoms with Gasteiger partial charge in [-0.25, -0.2) is 0 Å². The molecule has 2 aromatic carbocycles. The van der Waals surface area contributed by atoms with Crippen molar-refractivity contribution in [3.8, 4) is 11.1 Å². The van der Waals surface area contributed by atoms with Gasteiger partial charge in [-0.05, 0) is 25.1 Å². The zero-order chi connectivity index (χ0) is 15.0. The van der Waals surface area contributed by atoms with Gasteiger partial charge in [-0.15, -0.1) is 0 Å². The summed E-state index contributed by atoms with van der Waals surface area (Å²) in [5.41, 5.74) is 3.98. The van der Waals surface area contributed by atoms with Gasteiger partial charge in [-0.3, -0.25) is 4.79 Å². The number of hydrogen-bond acceptors (Lipinski definition) is 1. The molecule has 104 valence electrons. The molecule has 0 radical (unpaired) electrons. The van der Waals surface area contributed by atoms with Gasteiger partial charge in [-0.2, -0.15) is 0 Å². The van der Waals surface area contributed by atoms with E-state index in [9.17, 15) is 4.79 Å². The predicted molar refractivity (Wildman–Crippen MR) is 89.8 cm³/mol. The quantitative estimate of drug-likeness (QED) is 0.724. The molecule has 0 spiro atoms. The Kier molecular flexibility index (Phi) is 3.40. The topological polar surface area (TPSA) is 32.9 Å². The summed E-state index contributed by atoms with van der Waals surface area (Å²) in [4.78, 5) is 15.2. The van der Waals surface area contributed by atoms with E-state index in [0.29, 0.717) is 10.6 Å². The van der Waals surface area contributed by atoms with Gasteiger partial charge in [0.05, 0.1) is 0 Å². The van der Waals surface area contributed by atoms with Crippen LogP contribution in [0.25, 0.3) is 28.1 Å². The van der Waals surface area contributed by atoms with E-state index < -0.39 is 0 Å². The fourth-order valence-corrected chi connectivity index (χ4v) is 2.80. The Hall–Kier alpha value is -2.32. The summed E-state index contributed by atoms with van der Waals surface area (Å²) in [5, 5.41) is 1.59. The fourth-order valence-electron chi connectivity index (χ4n) is 2.57. The molecule has 3 rings (SSSR count). The minimum atomic E-state index is -0.156. The maximum atomic E-state index is 12.3. The van der Waals surface area contributed by atoms with E-state index in [2.05, 4.69) is 17.6 Å². The molecule has 0 saturated heterocycles. The number of fused-ring (bicyclic) bond motifs is 1. The van der Waals surface area contributed by atoms with Crippen molar-refractivity contribution in [3.63, 3.8) is 0 Å². The fraction of sp³-hybridized carbons (Fsp3) is 0.0556. The molecule has 0 fully saturated rings. The molecule has 1 heterocycles. The van der Waals surface area contributed by atoms with E-state index in [-0.39, 0.29) is 5.56 Å². The average molecular weight is 296 g/mol. The molecule has 1 aromatic heterocycles. The van der Waals surface area contributed by atoms with Gasteiger partial charge in [0.25, 0.3) is 5.56 Å². The van der Waals surface area contributed by atoms with Crippen molar-refractivity contribution in [1.82, 2.24) is 4.98 Å². The summed E-state index contributed by atoms with van der Waals surface area (Å²) < 4.78 is 0. The van der Waals surface area contributed by atoms with Gasteiger partial charge in [0.2, 0.25) is 0 Å². The minimum Gasteiger partial charge on any atom is -0.321 e. The predicted octanol–water partition coefficient (Wildman–Crippen LogP) is 4.80. The smallest absolute Gasteiger partial charge is 0.256 e. The third-order valence-corrected chi connectivity index (χ3v) is 3.88. The zero-order valence-corrected chi connectivity index (χ0v) is 12.4. The van der Waals surface area contributed by atoms with E-state index >= 15 is 0 Å². The maximum absolute atomic E-state index is 12.3. The Balaban J connectivity index is 2.55. The van der Waals surface area contributed by atoms with Gasteiger partial charge in [0.15, 0.2) is 0 Å². The molecule has 2 nitrogen and oxygen atoms in total. The lowest BCUT2D eigenvalue weighted by molar-refractivity contribution is 1.29. The minimum absolute atomic E-state index is 0.156. The molecule has 0 unspecified atom stereocenters. The summed E-state index contributed by atoms with van der Waals surface area (Å²) in [6.07, 6.45) is 1.58. The molecule has 0 atom stereocenters. The largest absolute Gasteiger partial charge is 0.321 e. The van der Waals surface area contributed by atoms with Crippen LogP contribution < -0.4 is 5.56 Å². The lowest BCUT2D eigenvalue weighted by atomic mass is 9.95. The molecule has 3 aromatic rings. The van der Waals surface area contributed by atoms with Crippen LogP contribution in [0.4, 0.5) is 0 Å². The Bertz CT molecular complexity index is 909. The first kappa shape index (κ1) is 13.7. The van der Waals surface area contributed by atoms with Crippen molar-refractivity contribution < 1.29 is 0 Å². The van der Waals surface area contributed by atoms with E-state index in [0.717, 1.165) is 27.6 Å². The lowest BCUT2D eigenvalue weighted by Gasteiger charge is -2.12. The number of nitrogens with one attached hydrogen (secondary N) is 1. The number of H-pyrrole nitrogens is 1. The van der Waals surface area contributed by atoms with Crippen LogP contribution in [-0.4, -0.2) is 4.98 Å². The second-order valence-corrected chi connectivity index (χ2v) is 5.38. The first-order valence-electron chi connectivity index (χ1n) is 6.66. The monoisotopic (exact) mass is 295 g/mol. The van der Waals surface area contributed by atoms with Crippen LogP contribution in [-0.2, 0) is 0 Å². The van der Waals surface area contributed by atoms with Crippen molar-refractivity contribution in [2.45, 2.75) is 6.92 Å². The Morgan fingerprint density at radius 1 is 1.19 bits per heavy atom. The Morgan fingerprint density at radius 2 is 1.95 bits per heavy atom. The molecule has 3 heteroatoms. The standard InChI is InChI=1S/C18H14ClNO/c1-3-12-17(13-6-4-5-7-15(13)19)14-10-11(2)8-9-16(14)20-18(12)21/h3-10H,1H2,2H3,(H,20,21). The first-order valence-corrected chi connectivity index (χ1v) is 7.03. The average Bonchev–Trinajstić information content (AvgIpc) is 2.47. The van der Waals surface area contributed by atoms with Crippen molar-refractivity contribution >= 4 is 28.6 Å². The van der Waals surface area contributed by atoms with Crippen molar-refractivity contribution in [2.24, 2.45) is 0 Å². The van der Waals surface area contributed by atoms with Crippen LogP contribution in [0.3, 0.4) is 0 Å². The Labute approximate surface area is 127 Å². The third kappa shape index (κ3) is 2.28. The van der Waals surface area contributed by atoms with E-state index in [1.807, 2.05) is 43.3 Å². The molecule has 0 amide bonds. The molecular formula is C18H14ClNO. The van der Waals surface area contributed by atoms with Crippen LogP contribution in [0.15, 0.2) is 53.8 Å². The number of aryl methyl sites for hydroxylation is 1. The zero-order valence-electron chi connectivity index (χ0n) is 11.6. The molecular weight excluding hydrogens is 282 g/mol. The summed E-state index contributed by atoms with van der Waals surface area (Å²) in [6, 6.07) is 13.5. The summed E-state index contributed by atoms with van der Waals surface area (Å²) in [7, 11) is 0. The number of aromatic amines is 1. The number of benzene rings is 2. The molecule has 0 bridgehead atoms. The molecule has 0 aliphatic rings. The molecule has 0 aliphatic heterocycles. The van der Waals surface area contributed by atoms with E-state index in [4.69, 9.17) is 11.6 Å². The van der Waals surface area contributed by atoms with Crippen molar-refractivity contribution in [1.29, 1.82) is 0 Å². The van der Waals surface area contributed by atoms with Gasteiger partial charge in [-0.1, -0.05) is 54.1 Å². The maximum Gasteiger partial charge on any atom is 0.256 e. The van der Waals surface area contributed by atoms with Crippen LogP contribution in [0.5, 0.6) is 0 Å². The number of aromatic nitrogens is 1. The first-order chi connectivity index (χ1) is 10.1. The lowest BCUT2D eigenvalue weighted by Crippen LogP contribution is -2.11. The van der Waals surface area contributed by atoms with Gasteiger partial charge >= 0.3 is 0 Å². The highest BCUT2D eigenvalue weighted by molar-refractivity contribution is 6.33. The highest BCUT2D eigenvalue weighted by Crippen LogP contribution is 2.35. The summed E-state index contributed by atoms with van der Waals surface area (Å²) in [6.45, 7) is 5.80. The third-order valence-electron chi connectivity index (χ3n) is 3.55. The second-order valence-electron chi connectivity index (χ2n) is 4.98. The van der Waals surface area contributed by atoms with Crippen LogP contribution >= 0.6 is 11.6 Å². The van der Waals surface area contributed by atoms with Crippen LogP contribution in [0, 0.1) is 6.92 Å². The van der Waals surface area contributed by atoms with Crippen LogP contribution in [0.1, 0.15) is 11.1 Å². The number of hydrogen-bond donors (Lipinski definition) is 1. The molecule has 1 N–H and O–H groups in total. The highest BCUT2D eigenvalue weighted by atomic mass is 35.5. The van der Waals surface area contributed by atoms with Crippen molar-refractivity contribution in [3.05, 3.63) is 75.5 Å². The summed E-state index contributed by atoms with van der Waals surface area (Å²) in [5.74, 6) is 0. The summed E-state index contributed by atoms with van der Waals surface area (Å²) >= 11 is 6.33. The SMILES string of the molecule is C=Cc1c(-c2ccccc2Cl)c2cc(C)ccc2[nH]c1=O. The second kappa shape index (κ2) is 5.23. The van der Waals surface area contributed by atoms with Gasteiger partial charge < -0.3 is 4.98 Å². The number of rotatable bonds is 2. The van der Waals surface area contributed by atoms with Crippen LogP contribution in [0.2, 0.25) is 5.02 Å². The van der Waals surface area contributed by atoms with E-state index in [1.165, 1.54) is 0 Å². The van der Waals surface area contributed by atoms with Crippen molar-refractivity contribution in [2.75, 3.05) is 0 Å².